The Morgan fingerprint density at radius 1 is 1.02 bits per heavy atom. The maximum atomic E-state index is 13.0. The van der Waals surface area contributed by atoms with Crippen molar-refractivity contribution in [3.8, 4) is 11.4 Å². The Balaban J connectivity index is 1.24. The number of anilines is 1. The predicted molar refractivity (Wildman–Crippen MR) is 153 cm³/mol. The number of urea groups is 1. The summed E-state index contributed by atoms with van der Waals surface area (Å²) in [4.78, 5) is 50.4. The van der Waals surface area contributed by atoms with Crippen molar-refractivity contribution >= 4 is 35.6 Å². The van der Waals surface area contributed by atoms with Crippen LogP contribution in [0.25, 0.3) is 11.8 Å². The number of hydrogen-bond donors (Lipinski definition) is 2. The third-order valence-electron chi connectivity index (χ3n) is 6.69. The molecule has 3 heterocycles. The molecule has 4 aromatic rings. The summed E-state index contributed by atoms with van der Waals surface area (Å²) in [5.74, 6) is -1.26. The largest absolute Gasteiger partial charge is 0.484 e. The minimum atomic E-state index is -0.660. The maximum Gasteiger partial charge on any atom is 0.373 e. The van der Waals surface area contributed by atoms with Gasteiger partial charge in [-0.15, -0.1) is 0 Å². The Hall–Kier alpha value is -5.65. The lowest BCUT2D eigenvalue weighted by atomic mass is 10.2. The number of rotatable bonds is 9. The van der Waals surface area contributed by atoms with Crippen LogP contribution in [0.15, 0.2) is 76.8 Å². The van der Waals surface area contributed by atoms with E-state index in [1.807, 2.05) is 36.6 Å². The second kappa shape index (κ2) is 12.1. The van der Waals surface area contributed by atoms with Crippen molar-refractivity contribution in [2.75, 3.05) is 19.0 Å². The number of carbonyl (C=O) groups excluding carboxylic acids is 4. The van der Waals surface area contributed by atoms with E-state index in [2.05, 4.69) is 15.4 Å². The van der Waals surface area contributed by atoms with Crippen molar-refractivity contribution in [3.63, 3.8) is 0 Å². The van der Waals surface area contributed by atoms with Crippen LogP contribution in [0.5, 0.6) is 5.75 Å². The molecule has 2 aromatic heterocycles. The smallest absolute Gasteiger partial charge is 0.373 e. The van der Waals surface area contributed by atoms with Gasteiger partial charge >= 0.3 is 12.0 Å². The van der Waals surface area contributed by atoms with Gasteiger partial charge in [-0.3, -0.25) is 14.5 Å². The Labute approximate surface area is 245 Å². The molecule has 0 saturated carbocycles. The summed E-state index contributed by atoms with van der Waals surface area (Å²) < 4.78 is 30.6. The van der Waals surface area contributed by atoms with Crippen LogP contribution in [-0.4, -0.2) is 47.0 Å². The first-order chi connectivity index (χ1) is 20.6. The van der Waals surface area contributed by atoms with Gasteiger partial charge in [-0.2, -0.15) is 0 Å². The number of imide groups is 1. The van der Waals surface area contributed by atoms with Gasteiger partial charge in [0.05, 0.1) is 13.7 Å². The van der Waals surface area contributed by atoms with Gasteiger partial charge in [0.2, 0.25) is 5.76 Å². The topological polar surface area (TPSA) is 132 Å². The minimum absolute atomic E-state index is 0.0280. The van der Waals surface area contributed by atoms with E-state index in [1.165, 1.54) is 43.5 Å². The van der Waals surface area contributed by atoms with Crippen LogP contribution in [0, 0.1) is 19.7 Å². The molecule has 0 atom stereocenters. The third-order valence-corrected chi connectivity index (χ3v) is 6.69. The molecule has 12 heteroatoms. The van der Waals surface area contributed by atoms with E-state index in [1.54, 1.807) is 18.2 Å². The van der Waals surface area contributed by atoms with Crippen LogP contribution in [0.1, 0.15) is 33.3 Å². The zero-order valence-corrected chi connectivity index (χ0v) is 23.5. The highest BCUT2D eigenvalue weighted by atomic mass is 19.1. The van der Waals surface area contributed by atoms with Crippen LogP contribution in [0.3, 0.4) is 0 Å². The van der Waals surface area contributed by atoms with E-state index in [-0.39, 0.29) is 36.3 Å². The number of nitrogens with zero attached hydrogens (tertiary/aromatic N) is 2. The summed E-state index contributed by atoms with van der Waals surface area (Å²) >= 11 is 0. The van der Waals surface area contributed by atoms with Gasteiger partial charge < -0.3 is 29.1 Å². The molecular formula is C31H27FN4O7. The van der Waals surface area contributed by atoms with E-state index in [4.69, 9.17) is 9.15 Å². The molecule has 11 nitrogen and oxygen atoms in total. The molecule has 2 N–H and O–H groups in total. The summed E-state index contributed by atoms with van der Waals surface area (Å²) in [7, 11) is 1.22. The van der Waals surface area contributed by atoms with Gasteiger partial charge in [-0.1, -0.05) is 0 Å². The molecule has 1 fully saturated rings. The van der Waals surface area contributed by atoms with Gasteiger partial charge in [0, 0.05) is 22.8 Å². The highest BCUT2D eigenvalue weighted by molar-refractivity contribution is 6.14. The number of carbonyl (C=O) groups is 4. The summed E-state index contributed by atoms with van der Waals surface area (Å²) in [6.07, 6.45) is 1.61. The molecular weight excluding hydrogens is 559 g/mol. The van der Waals surface area contributed by atoms with Gasteiger partial charge in [-0.05, 0) is 92.2 Å². The Morgan fingerprint density at radius 2 is 1.74 bits per heavy atom. The lowest BCUT2D eigenvalue weighted by Gasteiger charge is -2.12. The second-order valence-corrected chi connectivity index (χ2v) is 9.64. The van der Waals surface area contributed by atoms with E-state index < -0.39 is 23.7 Å². The molecule has 1 aliphatic rings. The number of nitrogens with one attached hydrogen (secondary N) is 2. The average Bonchev–Trinajstić information content (AvgIpc) is 3.65. The predicted octanol–water partition coefficient (Wildman–Crippen LogP) is 4.72. The zero-order chi connectivity index (χ0) is 30.7. The molecule has 1 saturated heterocycles. The number of aryl methyl sites for hydroxylation is 1. The normalized spacial score (nSPS) is 13.8. The van der Waals surface area contributed by atoms with Crippen LogP contribution in [0.4, 0.5) is 14.9 Å². The van der Waals surface area contributed by atoms with Gasteiger partial charge in [0.15, 0.2) is 6.61 Å². The number of aromatic nitrogens is 1. The molecule has 220 valence electrons. The monoisotopic (exact) mass is 586 g/mol. The number of ether oxygens (including phenoxy) is 2. The van der Waals surface area contributed by atoms with Gasteiger partial charge in [0.1, 0.15) is 23.0 Å². The summed E-state index contributed by atoms with van der Waals surface area (Å²) in [6.45, 7) is 3.43. The van der Waals surface area contributed by atoms with Crippen LogP contribution >= 0.6 is 0 Å². The Morgan fingerprint density at radius 3 is 2.44 bits per heavy atom. The van der Waals surface area contributed by atoms with Crippen molar-refractivity contribution < 1.29 is 37.5 Å². The number of hydrogen-bond acceptors (Lipinski definition) is 7. The molecule has 0 aliphatic carbocycles. The zero-order valence-electron chi connectivity index (χ0n) is 23.5. The summed E-state index contributed by atoms with van der Waals surface area (Å²) in [5.41, 5.74) is 3.83. The Kier molecular flexibility index (Phi) is 8.10. The molecule has 4 amide bonds. The number of amides is 4. The van der Waals surface area contributed by atoms with E-state index >= 15 is 0 Å². The van der Waals surface area contributed by atoms with Crippen LogP contribution in [0.2, 0.25) is 0 Å². The van der Waals surface area contributed by atoms with E-state index in [0.717, 1.165) is 27.5 Å². The van der Waals surface area contributed by atoms with Crippen molar-refractivity contribution in [1.29, 1.82) is 0 Å². The third kappa shape index (κ3) is 6.32. The Bertz CT molecular complexity index is 1740. The second-order valence-electron chi connectivity index (χ2n) is 9.64. The fourth-order valence-electron chi connectivity index (χ4n) is 4.60. The van der Waals surface area contributed by atoms with Crippen molar-refractivity contribution in [1.82, 2.24) is 14.8 Å². The van der Waals surface area contributed by atoms with Crippen LogP contribution < -0.4 is 15.4 Å². The molecule has 2 aromatic carbocycles. The average molecular weight is 587 g/mol. The maximum absolute atomic E-state index is 13.0. The van der Waals surface area contributed by atoms with Crippen molar-refractivity contribution in [2.24, 2.45) is 0 Å². The van der Waals surface area contributed by atoms with Gasteiger partial charge in [-0.25, -0.2) is 14.0 Å². The highest BCUT2D eigenvalue weighted by Gasteiger charge is 2.34. The molecule has 1 aliphatic heterocycles. The highest BCUT2D eigenvalue weighted by Crippen LogP contribution is 2.26. The lowest BCUT2D eigenvalue weighted by molar-refractivity contribution is -0.123. The molecule has 0 unspecified atom stereocenters. The van der Waals surface area contributed by atoms with Crippen molar-refractivity contribution in [2.45, 2.75) is 20.4 Å². The quantitative estimate of drug-likeness (QED) is 0.165. The number of methoxy groups -OCH3 is 1. The first-order valence-corrected chi connectivity index (χ1v) is 13.1. The van der Waals surface area contributed by atoms with E-state index in [9.17, 15) is 23.6 Å². The number of furan rings is 1. The summed E-state index contributed by atoms with van der Waals surface area (Å²) in [5, 5.41) is 5.23. The number of benzene rings is 2. The molecule has 5 rings (SSSR count). The standard InChI is InChI=1S/C31H27FN4O7/c1-18-14-20(15-26-29(38)35(31(40)34-26)16-25-12-13-27(43-25)30(39)41-3)19(2)36(18)23-8-10-24(11-9-23)42-17-28(37)33-22-6-4-21(32)5-7-22/h4-15H,16-17H2,1-3H3,(H,33,37)(H,34,40)/b26-15-. The SMILES string of the molecule is COC(=O)c1ccc(CN2C(=O)N/C(=C\c3cc(C)n(-c4ccc(OCC(=O)Nc5ccc(F)cc5)cc4)c3C)C2=O)o1. The number of esters is 1. The van der Waals surface area contributed by atoms with Gasteiger partial charge in [0.25, 0.3) is 11.8 Å². The molecule has 0 radical (unpaired) electrons. The lowest BCUT2D eigenvalue weighted by Crippen LogP contribution is -2.30. The van der Waals surface area contributed by atoms with E-state index in [0.29, 0.717) is 11.4 Å². The minimum Gasteiger partial charge on any atom is -0.484 e. The fourth-order valence-corrected chi connectivity index (χ4v) is 4.60. The number of halogens is 1. The molecule has 43 heavy (non-hydrogen) atoms. The fraction of sp³-hybridized carbons (Fsp3) is 0.161. The first-order valence-electron chi connectivity index (χ1n) is 13.1. The first kappa shape index (κ1) is 28.9. The van der Waals surface area contributed by atoms with Crippen LogP contribution in [-0.2, 0) is 20.9 Å². The van der Waals surface area contributed by atoms with Crippen molar-refractivity contribution in [3.05, 3.63) is 107 Å². The molecule has 0 bridgehead atoms. The molecule has 0 spiro atoms. The summed E-state index contributed by atoms with van der Waals surface area (Å²) in [6, 6.07) is 16.8.